The number of anilines is 2. The molecule has 0 bridgehead atoms. The number of benzene rings is 2. The number of aryl methyl sites for hydroxylation is 1. The maximum atomic E-state index is 12.5. The first-order chi connectivity index (χ1) is 10.8. The van der Waals surface area contributed by atoms with Crippen LogP contribution >= 0.6 is 23.2 Å². The molecule has 3 rings (SSSR count). The Morgan fingerprint density at radius 3 is 2.61 bits per heavy atom. The van der Waals surface area contributed by atoms with Gasteiger partial charge in [-0.2, -0.15) is 0 Å². The van der Waals surface area contributed by atoms with E-state index in [1.807, 2.05) is 0 Å². The molecule has 0 fully saturated rings. The first-order valence-corrected chi connectivity index (χ1v) is 9.00. The Labute approximate surface area is 143 Å². The number of hydrogen-bond donors (Lipinski definition) is 2. The van der Waals surface area contributed by atoms with Crippen molar-refractivity contribution < 1.29 is 13.2 Å². The van der Waals surface area contributed by atoms with Crippen molar-refractivity contribution in [1.82, 2.24) is 0 Å². The van der Waals surface area contributed by atoms with Gasteiger partial charge in [-0.25, -0.2) is 8.42 Å². The number of rotatable bonds is 3. The molecule has 0 aromatic heterocycles. The van der Waals surface area contributed by atoms with Crippen LogP contribution in [0.25, 0.3) is 0 Å². The molecule has 0 atom stereocenters. The zero-order valence-corrected chi connectivity index (χ0v) is 14.1. The smallest absolute Gasteiger partial charge is 0.261 e. The number of amides is 1. The van der Waals surface area contributed by atoms with Crippen molar-refractivity contribution in [1.29, 1.82) is 0 Å². The lowest BCUT2D eigenvalue weighted by molar-refractivity contribution is -0.116. The Balaban J connectivity index is 1.94. The summed E-state index contributed by atoms with van der Waals surface area (Å²) in [5.41, 5.74) is 1.64. The molecule has 120 valence electrons. The SMILES string of the molecule is O=C1CCc2cc(S(=O)(=O)Nc3cc(Cl)ccc3Cl)ccc2N1. The van der Waals surface area contributed by atoms with E-state index in [9.17, 15) is 13.2 Å². The van der Waals surface area contributed by atoms with Gasteiger partial charge in [0.05, 0.1) is 15.6 Å². The van der Waals surface area contributed by atoms with Crippen LogP contribution in [0.4, 0.5) is 11.4 Å². The predicted octanol–water partition coefficient (Wildman–Crippen LogP) is 3.68. The Kier molecular flexibility index (Phi) is 4.23. The molecule has 0 unspecified atom stereocenters. The summed E-state index contributed by atoms with van der Waals surface area (Å²) in [6, 6.07) is 9.11. The Bertz CT molecular complexity index is 898. The lowest BCUT2D eigenvalue weighted by Crippen LogP contribution is -2.20. The molecule has 5 nitrogen and oxygen atoms in total. The third kappa shape index (κ3) is 3.44. The van der Waals surface area contributed by atoms with Gasteiger partial charge in [0.25, 0.3) is 10.0 Å². The van der Waals surface area contributed by atoms with Crippen LogP contribution in [0.1, 0.15) is 12.0 Å². The summed E-state index contributed by atoms with van der Waals surface area (Å²) in [4.78, 5) is 11.4. The molecule has 0 saturated heterocycles. The van der Waals surface area contributed by atoms with E-state index in [0.717, 1.165) is 5.56 Å². The third-order valence-electron chi connectivity index (χ3n) is 3.46. The number of nitrogens with one attached hydrogen (secondary N) is 2. The van der Waals surface area contributed by atoms with E-state index in [-0.39, 0.29) is 21.5 Å². The van der Waals surface area contributed by atoms with Crippen LogP contribution in [0.5, 0.6) is 0 Å². The summed E-state index contributed by atoms with van der Waals surface area (Å²) in [5.74, 6) is -0.0723. The lowest BCUT2D eigenvalue weighted by Gasteiger charge is -2.18. The Morgan fingerprint density at radius 1 is 1.04 bits per heavy atom. The number of carbonyl (C=O) groups is 1. The van der Waals surface area contributed by atoms with Gasteiger partial charge in [-0.3, -0.25) is 9.52 Å². The second-order valence-electron chi connectivity index (χ2n) is 5.10. The van der Waals surface area contributed by atoms with Crippen LogP contribution in [0, 0.1) is 0 Å². The summed E-state index contributed by atoms with van der Waals surface area (Å²) in [7, 11) is -3.81. The summed E-state index contributed by atoms with van der Waals surface area (Å²) in [5, 5.41) is 3.34. The molecular weight excluding hydrogens is 359 g/mol. The van der Waals surface area contributed by atoms with Crippen LogP contribution < -0.4 is 10.0 Å². The highest BCUT2D eigenvalue weighted by Crippen LogP contribution is 2.30. The second kappa shape index (κ2) is 6.03. The highest BCUT2D eigenvalue weighted by Gasteiger charge is 2.20. The van der Waals surface area contributed by atoms with Gasteiger partial charge in [0.2, 0.25) is 5.91 Å². The van der Waals surface area contributed by atoms with Gasteiger partial charge in [0.15, 0.2) is 0 Å². The Morgan fingerprint density at radius 2 is 1.83 bits per heavy atom. The fourth-order valence-electron chi connectivity index (χ4n) is 2.31. The van der Waals surface area contributed by atoms with Crippen molar-refractivity contribution >= 4 is 50.5 Å². The van der Waals surface area contributed by atoms with E-state index in [2.05, 4.69) is 10.0 Å². The maximum Gasteiger partial charge on any atom is 0.261 e. The topological polar surface area (TPSA) is 75.3 Å². The van der Waals surface area contributed by atoms with Crippen molar-refractivity contribution in [3.05, 3.63) is 52.0 Å². The largest absolute Gasteiger partial charge is 0.326 e. The Hall–Kier alpha value is -1.76. The number of carbonyl (C=O) groups excluding carboxylic acids is 1. The summed E-state index contributed by atoms with van der Waals surface area (Å²) in [6.07, 6.45) is 0.840. The van der Waals surface area contributed by atoms with Crippen LogP contribution in [0.15, 0.2) is 41.3 Å². The van der Waals surface area contributed by atoms with Gasteiger partial charge < -0.3 is 5.32 Å². The number of sulfonamides is 1. The molecule has 0 aliphatic carbocycles. The minimum absolute atomic E-state index is 0.0723. The van der Waals surface area contributed by atoms with Crippen LogP contribution in [-0.4, -0.2) is 14.3 Å². The lowest BCUT2D eigenvalue weighted by atomic mass is 10.0. The summed E-state index contributed by atoms with van der Waals surface area (Å²) in [6.45, 7) is 0. The zero-order chi connectivity index (χ0) is 16.6. The highest BCUT2D eigenvalue weighted by molar-refractivity contribution is 7.92. The molecule has 23 heavy (non-hydrogen) atoms. The van der Waals surface area contributed by atoms with E-state index in [0.29, 0.717) is 23.6 Å². The van der Waals surface area contributed by atoms with Crippen molar-refractivity contribution in [2.45, 2.75) is 17.7 Å². The number of fused-ring (bicyclic) bond motifs is 1. The van der Waals surface area contributed by atoms with Crippen LogP contribution in [0.3, 0.4) is 0 Å². The van der Waals surface area contributed by atoms with Crippen LogP contribution in [0.2, 0.25) is 10.0 Å². The van der Waals surface area contributed by atoms with E-state index in [4.69, 9.17) is 23.2 Å². The fourth-order valence-corrected chi connectivity index (χ4v) is 3.82. The molecule has 2 N–H and O–H groups in total. The molecule has 2 aromatic rings. The summed E-state index contributed by atoms with van der Waals surface area (Å²) < 4.78 is 27.5. The number of hydrogen-bond acceptors (Lipinski definition) is 3. The van der Waals surface area contributed by atoms with E-state index in [1.165, 1.54) is 18.2 Å². The standard InChI is InChI=1S/C15H12Cl2N2O3S/c16-10-2-4-12(17)14(8-10)19-23(21,22)11-3-5-13-9(7-11)1-6-15(20)18-13/h2-5,7-8,19H,1,6H2,(H,18,20). The van der Waals surface area contributed by atoms with Gasteiger partial charge in [-0.05, 0) is 48.4 Å². The monoisotopic (exact) mass is 370 g/mol. The molecule has 0 radical (unpaired) electrons. The number of halogens is 2. The fraction of sp³-hybridized carbons (Fsp3) is 0.133. The van der Waals surface area contributed by atoms with Crippen molar-refractivity contribution in [2.75, 3.05) is 10.0 Å². The van der Waals surface area contributed by atoms with Crippen LogP contribution in [-0.2, 0) is 21.2 Å². The first-order valence-electron chi connectivity index (χ1n) is 6.76. The molecule has 1 aliphatic rings. The average Bonchev–Trinajstić information content (AvgIpc) is 2.50. The van der Waals surface area contributed by atoms with Crippen molar-refractivity contribution in [3.63, 3.8) is 0 Å². The molecule has 2 aromatic carbocycles. The molecular formula is C15H12Cl2N2O3S. The second-order valence-corrected chi connectivity index (χ2v) is 7.62. The van der Waals surface area contributed by atoms with E-state index in [1.54, 1.807) is 18.2 Å². The maximum absolute atomic E-state index is 12.5. The molecule has 1 aliphatic heterocycles. The molecule has 8 heteroatoms. The molecule has 0 saturated carbocycles. The van der Waals surface area contributed by atoms with E-state index >= 15 is 0 Å². The van der Waals surface area contributed by atoms with Crippen molar-refractivity contribution in [3.8, 4) is 0 Å². The third-order valence-corrected chi connectivity index (χ3v) is 5.38. The first kappa shape index (κ1) is 16.1. The van der Waals surface area contributed by atoms with E-state index < -0.39 is 10.0 Å². The molecule has 1 amide bonds. The van der Waals surface area contributed by atoms with Crippen molar-refractivity contribution in [2.24, 2.45) is 0 Å². The quantitative estimate of drug-likeness (QED) is 0.864. The zero-order valence-electron chi connectivity index (χ0n) is 11.8. The predicted molar refractivity (Wildman–Crippen MR) is 90.7 cm³/mol. The summed E-state index contributed by atoms with van der Waals surface area (Å²) >= 11 is 11.9. The minimum atomic E-state index is -3.81. The highest BCUT2D eigenvalue weighted by atomic mass is 35.5. The average molecular weight is 371 g/mol. The molecule has 0 spiro atoms. The normalized spacial score (nSPS) is 14.1. The van der Waals surface area contributed by atoms with Gasteiger partial charge in [0.1, 0.15) is 0 Å². The van der Waals surface area contributed by atoms with Gasteiger partial charge >= 0.3 is 0 Å². The van der Waals surface area contributed by atoms with Gasteiger partial charge in [-0.1, -0.05) is 23.2 Å². The minimum Gasteiger partial charge on any atom is -0.326 e. The van der Waals surface area contributed by atoms with Gasteiger partial charge in [0, 0.05) is 17.1 Å². The molecule has 1 heterocycles. The van der Waals surface area contributed by atoms with Gasteiger partial charge in [-0.15, -0.1) is 0 Å².